The molecule has 1 aromatic rings. The van der Waals surface area contributed by atoms with E-state index in [1.807, 2.05) is 13.8 Å². The first-order chi connectivity index (χ1) is 6.50. The van der Waals surface area contributed by atoms with E-state index in [1.54, 1.807) is 6.07 Å². The predicted molar refractivity (Wildman–Crippen MR) is 60.0 cm³/mol. The Bertz CT molecular complexity index is 352. The highest BCUT2D eigenvalue weighted by Gasteiger charge is 2.15. The molecule has 0 aliphatic carbocycles. The van der Waals surface area contributed by atoms with Crippen LogP contribution in [-0.2, 0) is 0 Å². The van der Waals surface area contributed by atoms with Gasteiger partial charge in [-0.3, -0.25) is 0 Å². The predicted octanol–water partition coefficient (Wildman–Crippen LogP) is 2.88. The second-order valence-corrected chi connectivity index (χ2v) is 4.22. The van der Waals surface area contributed by atoms with Crippen LogP contribution >= 0.6 is 22.6 Å². The highest BCUT2D eigenvalue weighted by atomic mass is 127. The van der Waals surface area contributed by atoms with Crippen LogP contribution < -0.4 is 4.74 Å². The molecule has 14 heavy (non-hydrogen) atoms. The number of ether oxygens (including phenoxy) is 1. The molecule has 0 spiro atoms. The van der Waals surface area contributed by atoms with Crippen molar-refractivity contribution in [2.75, 3.05) is 0 Å². The minimum Gasteiger partial charge on any atom is -0.490 e. The molecular formula is C9H11INO3+. The van der Waals surface area contributed by atoms with Crippen molar-refractivity contribution in [2.45, 2.75) is 20.0 Å². The third kappa shape index (κ3) is 2.83. The first-order valence-electron chi connectivity index (χ1n) is 4.13. The van der Waals surface area contributed by atoms with Crippen LogP contribution in [0.1, 0.15) is 13.8 Å². The van der Waals surface area contributed by atoms with Crippen molar-refractivity contribution in [3.8, 4) is 5.75 Å². The maximum atomic E-state index is 10.6. The molecule has 0 saturated heterocycles. The summed E-state index contributed by atoms with van der Waals surface area (Å²) in [6.07, 6.45) is 0.0394. The van der Waals surface area contributed by atoms with Crippen LogP contribution in [0.3, 0.4) is 0 Å². The Hall–Kier alpha value is -0.850. The molecule has 1 N–H and O–H groups in total. The van der Waals surface area contributed by atoms with Crippen LogP contribution in [0.2, 0.25) is 0 Å². The van der Waals surface area contributed by atoms with Gasteiger partial charge in [-0.25, -0.2) is 5.21 Å². The van der Waals surface area contributed by atoms with Crippen LogP contribution in [0.5, 0.6) is 5.75 Å². The zero-order chi connectivity index (χ0) is 10.7. The van der Waals surface area contributed by atoms with Gasteiger partial charge in [0.05, 0.1) is 20.6 Å². The summed E-state index contributed by atoms with van der Waals surface area (Å²) in [5.41, 5.74) is 0.168. The summed E-state index contributed by atoms with van der Waals surface area (Å²) in [7, 11) is 0. The fourth-order valence-electron chi connectivity index (χ4n) is 0.955. The molecule has 0 saturated carbocycles. The number of benzene rings is 1. The van der Waals surface area contributed by atoms with Gasteiger partial charge in [0.25, 0.3) is 4.92 Å². The van der Waals surface area contributed by atoms with Crippen molar-refractivity contribution < 1.29 is 14.9 Å². The molecule has 4 nitrogen and oxygen atoms in total. The fraction of sp³-hybridized carbons (Fsp3) is 0.333. The molecule has 76 valence electrons. The van der Waals surface area contributed by atoms with Gasteiger partial charge in [-0.1, -0.05) is 0 Å². The molecule has 0 aromatic heterocycles. The average Bonchev–Trinajstić information content (AvgIpc) is 2.07. The van der Waals surface area contributed by atoms with E-state index in [4.69, 9.17) is 9.94 Å². The molecule has 0 fully saturated rings. The molecule has 5 heteroatoms. The van der Waals surface area contributed by atoms with Gasteiger partial charge in [-0.15, -0.1) is 0 Å². The quantitative estimate of drug-likeness (QED) is 0.690. The Morgan fingerprint density at radius 1 is 1.50 bits per heavy atom. The van der Waals surface area contributed by atoms with E-state index in [1.165, 1.54) is 12.1 Å². The van der Waals surface area contributed by atoms with Gasteiger partial charge in [-0.05, 0) is 42.5 Å². The standard InChI is InChI=1S/C9H11INO3/c1-6(2)14-9-5-7(11(12)13)3-4-8(9)10/h3-6H,1-2H3,(H,12,13)/q+1. The number of hydrogen-bond acceptors (Lipinski definition) is 2. The van der Waals surface area contributed by atoms with Gasteiger partial charge in [0, 0.05) is 6.07 Å². The monoisotopic (exact) mass is 308 g/mol. The third-order valence-electron chi connectivity index (χ3n) is 1.50. The van der Waals surface area contributed by atoms with Gasteiger partial charge in [0.1, 0.15) is 5.75 Å². The number of nitrogens with zero attached hydrogens (tertiary/aromatic N) is 1. The summed E-state index contributed by atoms with van der Waals surface area (Å²) in [5.74, 6) is 0.605. The minimum atomic E-state index is -0.177. The molecule has 0 unspecified atom stereocenters. The summed E-state index contributed by atoms with van der Waals surface area (Å²) < 4.78 is 6.36. The summed E-state index contributed by atoms with van der Waals surface area (Å²) >= 11 is 2.11. The van der Waals surface area contributed by atoms with Gasteiger partial charge < -0.3 is 4.74 Å². The Kier molecular flexibility index (Phi) is 3.68. The van der Waals surface area contributed by atoms with E-state index in [2.05, 4.69) is 22.6 Å². The van der Waals surface area contributed by atoms with Crippen LogP contribution in [0.15, 0.2) is 18.2 Å². The van der Waals surface area contributed by atoms with Crippen molar-refractivity contribution in [1.82, 2.24) is 0 Å². The summed E-state index contributed by atoms with van der Waals surface area (Å²) in [6, 6.07) is 4.76. The van der Waals surface area contributed by atoms with E-state index >= 15 is 0 Å². The van der Waals surface area contributed by atoms with E-state index in [-0.39, 0.29) is 16.7 Å². The lowest BCUT2D eigenvalue weighted by atomic mass is 10.3. The topological polar surface area (TPSA) is 49.5 Å². The molecular weight excluding hydrogens is 297 g/mol. The fourth-order valence-corrected chi connectivity index (χ4v) is 1.42. The lowest BCUT2D eigenvalue weighted by Crippen LogP contribution is -2.07. The Balaban J connectivity index is 3.02. The SMILES string of the molecule is CC(C)Oc1cc([N+](=O)O)ccc1I. The normalized spacial score (nSPS) is 10.3. The maximum absolute atomic E-state index is 10.6. The number of rotatable bonds is 3. The zero-order valence-corrected chi connectivity index (χ0v) is 10.1. The first kappa shape index (κ1) is 11.2. The van der Waals surface area contributed by atoms with Crippen molar-refractivity contribution in [3.63, 3.8) is 0 Å². The van der Waals surface area contributed by atoms with E-state index in [9.17, 15) is 4.91 Å². The highest BCUT2D eigenvalue weighted by Crippen LogP contribution is 2.26. The average molecular weight is 308 g/mol. The highest BCUT2D eigenvalue weighted by molar-refractivity contribution is 14.1. The van der Waals surface area contributed by atoms with E-state index in [0.29, 0.717) is 5.75 Å². The minimum absolute atomic E-state index is 0.0394. The van der Waals surface area contributed by atoms with Gasteiger partial charge >= 0.3 is 5.69 Å². The molecule has 0 amide bonds. The molecule has 0 atom stereocenters. The van der Waals surface area contributed by atoms with Crippen molar-refractivity contribution in [1.29, 1.82) is 0 Å². The molecule has 0 aliphatic rings. The summed E-state index contributed by atoms with van der Waals surface area (Å²) in [5, 5.41) is 8.69. The Morgan fingerprint density at radius 3 is 2.64 bits per heavy atom. The molecule has 0 radical (unpaired) electrons. The van der Waals surface area contributed by atoms with Crippen molar-refractivity contribution in [2.24, 2.45) is 0 Å². The second kappa shape index (κ2) is 4.59. The van der Waals surface area contributed by atoms with Crippen LogP contribution in [-0.4, -0.2) is 16.2 Å². The largest absolute Gasteiger partial charge is 0.490 e. The molecule has 1 rings (SSSR count). The molecule has 0 heterocycles. The van der Waals surface area contributed by atoms with Gasteiger partial charge in [0.2, 0.25) is 0 Å². The number of hydrogen-bond donors (Lipinski definition) is 1. The Labute approximate surface area is 95.6 Å². The van der Waals surface area contributed by atoms with Gasteiger partial charge in [-0.2, -0.15) is 0 Å². The molecule has 0 bridgehead atoms. The second-order valence-electron chi connectivity index (χ2n) is 3.05. The van der Waals surface area contributed by atoms with Crippen LogP contribution in [0.4, 0.5) is 5.69 Å². The van der Waals surface area contributed by atoms with E-state index < -0.39 is 0 Å². The van der Waals surface area contributed by atoms with Gasteiger partial charge in [0.15, 0.2) is 0 Å². The summed E-state index contributed by atoms with van der Waals surface area (Å²) in [6.45, 7) is 3.80. The number of halogens is 1. The maximum Gasteiger partial charge on any atom is 0.320 e. The third-order valence-corrected chi connectivity index (χ3v) is 2.39. The smallest absolute Gasteiger partial charge is 0.320 e. The van der Waals surface area contributed by atoms with Crippen LogP contribution in [0.25, 0.3) is 0 Å². The Morgan fingerprint density at radius 2 is 2.14 bits per heavy atom. The lowest BCUT2D eigenvalue weighted by molar-refractivity contribution is -0.729. The summed E-state index contributed by atoms with van der Waals surface area (Å²) in [4.78, 5) is 10.4. The first-order valence-corrected chi connectivity index (χ1v) is 5.21. The van der Waals surface area contributed by atoms with Crippen molar-refractivity contribution >= 4 is 28.3 Å². The molecule has 1 aromatic carbocycles. The lowest BCUT2D eigenvalue weighted by Gasteiger charge is -2.10. The van der Waals surface area contributed by atoms with E-state index in [0.717, 1.165) is 3.57 Å². The molecule has 0 aliphatic heterocycles. The van der Waals surface area contributed by atoms with Crippen molar-refractivity contribution in [3.05, 3.63) is 26.7 Å². The van der Waals surface area contributed by atoms with Crippen LogP contribution in [0, 0.1) is 8.48 Å². The zero-order valence-electron chi connectivity index (χ0n) is 7.90.